The Morgan fingerprint density at radius 3 is 2.22 bits per heavy atom. The number of rotatable bonds is 1. The van der Waals surface area contributed by atoms with Crippen molar-refractivity contribution >= 4 is 0 Å². The number of hydrogen-bond donors (Lipinski definition) is 0. The van der Waals surface area contributed by atoms with Crippen LogP contribution in [0.2, 0.25) is 0 Å². The number of aryl methyl sites for hydroxylation is 5. The van der Waals surface area contributed by atoms with Gasteiger partial charge in [0.15, 0.2) is 0 Å². The largest absolute Gasteiger partial charge is 0.461 e. The van der Waals surface area contributed by atoms with Crippen LogP contribution >= 0.6 is 0 Å². The summed E-state index contributed by atoms with van der Waals surface area (Å²) in [7, 11) is 0. The van der Waals surface area contributed by atoms with Crippen molar-refractivity contribution < 1.29 is 4.42 Å². The number of hydrogen-bond acceptors (Lipinski definition) is 1. The highest BCUT2D eigenvalue weighted by atomic mass is 16.3. The smallest absolute Gasteiger partial charge is 0.135 e. The summed E-state index contributed by atoms with van der Waals surface area (Å²) in [5, 5.41) is 0. The average molecular weight is 240 g/mol. The minimum atomic E-state index is 1.07. The maximum absolute atomic E-state index is 6.09. The maximum atomic E-state index is 6.09. The van der Waals surface area contributed by atoms with Gasteiger partial charge < -0.3 is 4.42 Å². The standard InChI is InChI=1S/C17H20O/c1-11-8-12(2)17(13(3)9-11)16-10-14-6-4-5-7-15(14)18-16/h8-10H,4-7H2,1-3H3. The highest BCUT2D eigenvalue weighted by Crippen LogP contribution is 2.34. The topological polar surface area (TPSA) is 13.1 Å². The Bertz CT molecular complexity index is 543. The highest BCUT2D eigenvalue weighted by Gasteiger charge is 2.18. The van der Waals surface area contributed by atoms with Crippen LogP contribution in [0.25, 0.3) is 11.3 Å². The van der Waals surface area contributed by atoms with Gasteiger partial charge in [-0.25, -0.2) is 0 Å². The van der Waals surface area contributed by atoms with Gasteiger partial charge in [-0.3, -0.25) is 0 Å². The van der Waals surface area contributed by atoms with Crippen molar-refractivity contribution in [3.63, 3.8) is 0 Å². The summed E-state index contributed by atoms with van der Waals surface area (Å²) in [6, 6.07) is 6.74. The lowest BCUT2D eigenvalue weighted by atomic mass is 9.96. The third-order valence-electron chi connectivity index (χ3n) is 3.92. The van der Waals surface area contributed by atoms with E-state index in [0.717, 1.165) is 12.2 Å². The molecule has 1 heteroatoms. The molecule has 0 saturated heterocycles. The van der Waals surface area contributed by atoms with Gasteiger partial charge in [0.1, 0.15) is 11.5 Å². The Morgan fingerprint density at radius 1 is 0.889 bits per heavy atom. The summed E-state index contributed by atoms with van der Waals surface area (Å²) in [5.74, 6) is 2.28. The molecule has 0 fully saturated rings. The zero-order valence-corrected chi connectivity index (χ0v) is 11.5. The van der Waals surface area contributed by atoms with Crippen molar-refractivity contribution in [2.24, 2.45) is 0 Å². The van der Waals surface area contributed by atoms with Crippen LogP contribution in [-0.2, 0) is 12.8 Å². The van der Waals surface area contributed by atoms with Crippen molar-refractivity contribution in [2.45, 2.75) is 46.5 Å². The van der Waals surface area contributed by atoms with Crippen molar-refractivity contribution in [3.05, 3.63) is 46.2 Å². The van der Waals surface area contributed by atoms with Gasteiger partial charge in [0, 0.05) is 12.0 Å². The number of furan rings is 1. The Hall–Kier alpha value is -1.50. The molecule has 94 valence electrons. The molecule has 0 amide bonds. The van der Waals surface area contributed by atoms with E-state index in [1.165, 1.54) is 52.8 Å². The lowest BCUT2D eigenvalue weighted by Gasteiger charge is -2.09. The van der Waals surface area contributed by atoms with E-state index in [1.807, 2.05) is 0 Å². The molecule has 0 unspecified atom stereocenters. The fourth-order valence-corrected chi connectivity index (χ4v) is 3.18. The first kappa shape index (κ1) is 11.6. The van der Waals surface area contributed by atoms with E-state index in [4.69, 9.17) is 4.42 Å². The van der Waals surface area contributed by atoms with Crippen LogP contribution in [0.15, 0.2) is 22.6 Å². The van der Waals surface area contributed by atoms with E-state index >= 15 is 0 Å². The Kier molecular flexibility index (Phi) is 2.77. The molecule has 0 N–H and O–H groups in total. The minimum absolute atomic E-state index is 1.07. The first-order valence-electron chi connectivity index (χ1n) is 6.85. The van der Waals surface area contributed by atoms with Crippen LogP contribution in [0.4, 0.5) is 0 Å². The number of fused-ring (bicyclic) bond motifs is 1. The molecule has 0 aliphatic heterocycles. The lowest BCUT2D eigenvalue weighted by Crippen LogP contribution is -1.97. The fraction of sp³-hybridized carbons (Fsp3) is 0.412. The quantitative estimate of drug-likeness (QED) is 0.701. The SMILES string of the molecule is Cc1cc(C)c(-c2cc3c(o2)CCCC3)c(C)c1. The molecule has 0 saturated carbocycles. The summed E-state index contributed by atoms with van der Waals surface area (Å²) >= 11 is 0. The molecule has 1 aliphatic rings. The maximum Gasteiger partial charge on any atom is 0.135 e. The van der Waals surface area contributed by atoms with Crippen LogP contribution < -0.4 is 0 Å². The second-order valence-corrected chi connectivity index (χ2v) is 5.54. The van der Waals surface area contributed by atoms with Crippen LogP contribution in [0.1, 0.15) is 40.9 Å². The molecule has 18 heavy (non-hydrogen) atoms. The highest BCUT2D eigenvalue weighted by molar-refractivity contribution is 5.68. The first-order chi connectivity index (χ1) is 8.65. The normalized spacial score (nSPS) is 14.6. The predicted molar refractivity (Wildman–Crippen MR) is 75.0 cm³/mol. The summed E-state index contributed by atoms with van der Waals surface area (Å²) in [5.41, 5.74) is 6.67. The molecule has 2 aromatic rings. The Labute approximate surface area is 109 Å². The molecule has 1 aromatic heterocycles. The summed E-state index contributed by atoms with van der Waals surface area (Å²) < 4.78 is 6.09. The van der Waals surface area contributed by atoms with Gasteiger partial charge >= 0.3 is 0 Å². The zero-order valence-electron chi connectivity index (χ0n) is 11.5. The van der Waals surface area contributed by atoms with Crippen LogP contribution in [0.3, 0.4) is 0 Å². The third-order valence-corrected chi connectivity index (χ3v) is 3.92. The minimum Gasteiger partial charge on any atom is -0.461 e. The van der Waals surface area contributed by atoms with Gasteiger partial charge in [0.05, 0.1) is 0 Å². The van der Waals surface area contributed by atoms with E-state index in [1.54, 1.807) is 0 Å². The summed E-state index contributed by atoms with van der Waals surface area (Å²) in [6.07, 6.45) is 4.87. The van der Waals surface area contributed by atoms with Crippen molar-refractivity contribution in [1.82, 2.24) is 0 Å². The average Bonchev–Trinajstić information content (AvgIpc) is 2.70. The first-order valence-corrected chi connectivity index (χ1v) is 6.85. The van der Waals surface area contributed by atoms with Gasteiger partial charge in [0.25, 0.3) is 0 Å². The van der Waals surface area contributed by atoms with Crippen molar-refractivity contribution in [2.75, 3.05) is 0 Å². The van der Waals surface area contributed by atoms with Crippen LogP contribution in [0, 0.1) is 20.8 Å². The Balaban J connectivity index is 2.12. The van der Waals surface area contributed by atoms with E-state index in [9.17, 15) is 0 Å². The van der Waals surface area contributed by atoms with E-state index in [2.05, 4.69) is 39.0 Å². The summed E-state index contributed by atoms with van der Waals surface area (Å²) in [6.45, 7) is 6.50. The summed E-state index contributed by atoms with van der Waals surface area (Å²) in [4.78, 5) is 0. The molecule has 3 rings (SSSR count). The second kappa shape index (κ2) is 4.31. The van der Waals surface area contributed by atoms with E-state index < -0.39 is 0 Å². The van der Waals surface area contributed by atoms with Crippen molar-refractivity contribution in [1.29, 1.82) is 0 Å². The van der Waals surface area contributed by atoms with Gasteiger partial charge in [-0.05, 0) is 62.8 Å². The van der Waals surface area contributed by atoms with Crippen molar-refractivity contribution in [3.8, 4) is 11.3 Å². The Morgan fingerprint density at radius 2 is 1.56 bits per heavy atom. The molecule has 1 aliphatic carbocycles. The number of benzene rings is 1. The molecule has 0 atom stereocenters. The molecule has 0 spiro atoms. The second-order valence-electron chi connectivity index (χ2n) is 5.54. The molecular formula is C17H20O. The molecule has 1 aromatic carbocycles. The van der Waals surface area contributed by atoms with Gasteiger partial charge in [-0.15, -0.1) is 0 Å². The molecule has 1 heterocycles. The van der Waals surface area contributed by atoms with Crippen LogP contribution in [0.5, 0.6) is 0 Å². The predicted octanol–water partition coefficient (Wildman–Crippen LogP) is 4.75. The molecule has 1 nitrogen and oxygen atoms in total. The van der Waals surface area contributed by atoms with E-state index in [0.29, 0.717) is 0 Å². The van der Waals surface area contributed by atoms with Gasteiger partial charge in [-0.1, -0.05) is 17.7 Å². The molecule has 0 bridgehead atoms. The van der Waals surface area contributed by atoms with Crippen LogP contribution in [-0.4, -0.2) is 0 Å². The fourth-order valence-electron chi connectivity index (χ4n) is 3.18. The molecular weight excluding hydrogens is 220 g/mol. The van der Waals surface area contributed by atoms with E-state index in [-0.39, 0.29) is 0 Å². The lowest BCUT2D eigenvalue weighted by molar-refractivity contribution is 0.487. The zero-order chi connectivity index (χ0) is 12.7. The molecule has 0 radical (unpaired) electrons. The monoisotopic (exact) mass is 240 g/mol. The third kappa shape index (κ3) is 1.88. The van der Waals surface area contributed by atoms with Gasteiger partial charge in [0.2, 0.25) is 0 Å². The van der Waals surface area contributed by atoms with Gasteiger partial charge in [-0.2, -0.15) is 0 Å².